The van der Waals surface area contributed by atoms with E-state index in [4.69, 9.17) is 4.74 Å². The number of carbonyl (C=O) groups is 1. The van der Waals surface area contributed by atoms with E-state index in [2.05, 4.69) is 15.6 Å². The van der Waals surface area contributed by atoms with Crippen molar-refractivity contribution in [2.45, 2.75) is 75.9 Å². The molecule has 3 rings (SSSR count). The fraction of sp³-hybridized carbons (Fsp3) is 0.652. The van der Waals surface area contributed by atoms with Gasteiger partial charge in [0.15, 0.2) is 5.96 Å². The molecule has 32 heavy (non-hydrogen) atoms. The summed E-state index contributed by atoms with van der Waals surface area (Å²) in [6.45, 7) is 6.32. The van der Waals surface area contributed by atoms with Gasteiger partial charge in [-0.2, -0.15) is 0 Å². The molecule has 180 valence electrons. The number of ether oxygens (including phenoxy) is 1. The Bertz CT molecular complexity index is 786. The summed E-state index contributed by atoms with van der Waals surface area (Å²) in [6, 6.07) is 10.6. The first-order valence-electron chi connectivity index (χ1n) is 11.1. The van der Waals surface area contributed by atoms with Crippen LogP contribution in [0.2, 0.25) is 0 Å². The Balaban J connectivity index is 0.00000363. The van der Waals surface area contributed by atoms with Crippen molar-refractivity contribution in [3.8, 4) is 0 Å². The van der Waals surface area contributed by atoms with E-state index in [-0.39, 0.29) is 48.2 Å². The average molecular weight is 577 g/mol. The predicted octanol–water partition coefficient (Wildman–Crippen LogP) is 3.65. The number of nitrogens with one attached hydrogen (secondary N) is 2. The third-order valence-corrected chi connectivity index (χ3v) is 7.01. The van der Waals surface area contributed by atoms with Crippen LogP contribution in [0.4, 0.5) is 4.79 Å². The molecule has 0 aliphatic carbocycles. The van der Waals surface area contributed by atoms with Crippen LogP contribution in [0.5, 0.6) is 0 Å². The smallest absolute Gasteiger partial charge is 0.410 e. The van der Waals surface area contributed by atoms with E-state index in [1.807, 2.05) is 56.0 Å². The Morgan fingerprint density at radius 2 is 1.81 bits per heavy atom. The minimum Gasteiger partial charge on any atom is -0.444 e. The third-order valence-electron chi connectivity index (χ3n) is 5.69. The Labute approximate surface area is 211 Å². The Morgan fingerprint density at radius 1 is 1.19 bits per heavy atom. The van der Waals surface area contributed by atoms with Crippen LogP contribution < -0.4 is 10.6 Å². The van der Waals surface area contributed by atoms with Gasteiger partial charge in [0.1, 0.15) is 5.60 Å². The second kappa shape index (κ2) is 12.2. The van der Waals surface area contributed by atoms with E-state index in [1.165, 1.54) is 0 Å². The molecule has 7 nitrogen and oxygen atoms in total. The summed E-state index contributed by atoms with van der Waals surface area (Å²) in [5.74, 6) is 1.87. The second-order valence-corrected chi connectivity index (χ2v) is 10.9. The van der Waals surface area contributed by atoms with Crippen molar-refractivity contribution in [2.24, 2.45) is 4.99 Å². The van der Waals surface area contributed by atoms with Gasteiger partial charge in [0.2, 0.25) is 0 Å². The van der Waals surface area contributed by atoms with E-state index in [0.29, 0.717) is 18.1 Å². The Kier molecular flexibility index (Phi) is 10.3. The molecule has 2 bridgehead atoms. The molecule has 0 saturated carbocycles. The number of hydrogen-bond donors (Lipinski definition) is 2. The molecule has 2 heterocycles. The molecule has 2 aliphatic heterocycles. The minimum atomic E-state index is -0.920. The summed E-state index contributed by atoms with van der Waals surface area (Å²) >= 11 is 0. The van der Waals surface area contributed by atoms with E-state index in [0.717, 1.165) is 37.2 Å². The van der Waals surface area contributed by atoms with Crippen molar-refractivity contribution in [3.05, 3.63) is 35.9 Å². The van der Waals surface area contributed by atoms with Gasteiger partial charge in [0.05, 0.1) is 0 Å². The van der Waals surface area contributed by atoms with Gasteiger partial charge in [-0.25, -0.2) is 4.79 Å². The number of guanidine groups is 1. The molecule has 1 aromatic carbocycles. The number of carbonyl (C=O) groups excluding carboxylic acids is 1. The highest BCUT2D eigenvalue weighted by Crippen LogP contribution is 2.36. The average Bonchev–Trinajstić information content (AvgIpc) is 2.97. The summed E-state index contributed by atoms with van der Waals surface area (Å²) in [6.07, 6.45) is 3.62. The number of hydrogen-bond acceptors (Lipinski definition) is 4. The molecular weight excluding hydrogens is 539 g/mol. The molecule has 0 radical (unpaired) electrons. The quantitative estimate of drug-likeness (QED) is 0.307. The maximum atomic E-state index is 12.6. The first-order chi connectivity index (χ1) is 14.7. The van der Waals surface area contributed by atoms with Crippen molar-refractivity contribution < 1.29 is 13.7 Å². The maximum Gasteiger partial charge on any atom is 0.410 e. The van der Waals surface area contributed by atoms with Crippen molar-refractivity contribution >= 4 is 46.8 Å². The lowest BCUT2D eigenvalue weighted by Crippen LogP contribution is -2.55. The van der Waals surface area contributed by atoms with E-state index >= 15 is 0 Å². The van der Waals surface area contributed by atoms with Crippen LogP contribution in [0.3, 0.4) is 0 Å². The molecule has 3 atom stereocenters. The summed E-state index contributed by atoms with van der Waals surface area (Å²) in [5, 5.41) is 6.79. The van der Waals surface area contributed by atoms with Crippen LogP contribution in [0.1, 0.15) is 52.0 Å². The number of halogens is 1. The van der Waals surface area contributed by atoms with Crippen molar-refractivity contribution in [3.63, 3.8) is 0 Å². The summed E-state index contributed by atoms with van der Waals surface area (Å²) in [7, 11) is 0.831. The molecule has 2 saturated heterocycles. The minimum absolute atomic E-state index is 0. The fourth-order valence-corrected chi connectivity index (χ4v) is 5.45. The van der Waals surface area contributed by atoms with E-state index in [1.54, 1.807) is 7.05 Å². The van der Waals surface area contributed by atoms with Crippen LogP contribution in [-0.4, -0.2) is 64.2 Å². The normalized spacial score (nSPS) is 23.8. The number of amides is 1. The summed E-state index contributed by atoms with van der Waals surface area (Å²) < 4.78 is 17.9. The predicted molar refractivity (Wildman–Crippen MR) is 141 cm³/mol. The van der Waals surface area contributed by atoms with Crippen LogP contribution in [0.25, 0.3) is 0 Å². The lowest BCUT2D eigenvalue weighted by Gasteiger charge is -2.40. The van der Waals surface area contributed by atoms with Crippen molar-refractivity contribution in [2.75, 3.05) is 19.3 Å². The number of rotatable bonds is 6. The molecular formula is C23H37IN4O3S. The molecule has 1 amide bonds. The zero-order chi connectivity index (χ0) is 22.4. The molecule has 0 spiro atoms. The second-order valence-electron chi connectivity index (χ2n) is 9.36. The van der Waals surface area contributed by atoms with Gasteiger partial charge in [-0.15, -0.1) is 24.0 Å². The number of benzene rings is 1. The monoisotopic (exact) mass is 576 g/mol. The molecule has 2 N–H and O–H groups in total. The van der Waals surface area contributed by atoms with Crippen molar-refractivity contribution in [1.29, 1.82) is 0 Å². The highest BCUT2D eigenvalue weighted by molar-refractivity contribution is 14.0. The van der Waals surface area contributed by atoms with Gasteiger partial charge in [0.25, 0.3) is 0 Å². The van der Waals surface area contributed by atoms with Crippen LogP contribution in [0, 0.1) is 0 Å². The highest BCUT2D eigenvalue weighted by Gasteiger charge is 2.45. The number of piperidine rings is 1. The lowest BCUT2D eigenvalue weighted by molar-refractivity contribution is 0.00545. The first-order valence-corrected chi connectivity index (χ1v) is 12.6. The van der Waals surface area contributed by atoms with Gasteiger partial charge in [0, 0.05) is 54.0 Å². The van der Waals surface area contributed by atoms with Gasteiger partial charge in [-0.3, -0.25) is 9.20 Å². The number of nitrogens with zero attached hydrogens (tertiary/aromatic N) is 2. The van der Waals surface area contributed by atoms with Gasteiger partial charge in [-0.05, 0) is 52.0 Å². The maximum absolute atomic E-state index is 12.6. The van der Waals surface area contributed by atoms with E-state index < -0.39 is 16.4 Å². The molecule has 2 fully saturated rings. The number of aliphatic imine (C=N–C) groups is 1. The van der Waals surface area contributed by atoms with Gasteiger partial charge in [-0.1, -0.05) is 30.3 Å². The highest BCUT2D eigenvalue weighted by atomic mass is 127. The summed E-state index contributed by atoms with van der Waals surface area (Å²) in [4.78, 5) is 18.9. The fourth-order valence-electron chi connectivity index (χ4n) is 4.41. The van der Waals surface area contributed by atoms with Crippen LogP contribution in [-0.2, 0) is 21.3 Å². The van der Waals surface area contributed by atoms with Crippen molar-refractivity contribution in [1.82, 2.24) is 15.5 Å². The largest absolute Gasteiger partial charge is 0.444 e. The van der Waals surface area contributed by atoms with Gasteiger partial charge < -0.3 is 20.3 Å². The first kappa shape index (κ1) is 26.9. The number of fused-ring (bicyclic) bond motifs is 2. The topological polar surface area (TPSA) is 83.0 Å². The van der Waals surface area contributed by atoms with E-state index in [9.17, 15) is 9.00 Å². The van der Waals surface area contributed by atoms with Gasteiger partial charge >= 0.3 is 6.09 Å². The molecule has 9 heteroatoms. The molecule has 2 aliphatic rings. The third kappa shape index (κ3) is 7.90. The molecule has 1 aromatic rings. The zero-order valence-electron chi connectivity index (χ0n) is 19.5. The SMILES string of the molecule is CN=C(NCCS(=O)Cc1ccccc1)NC1CC2CCC(C1)N2C(=O)OC(C)(C)C.I. The lowest BCUT2D eigenvalue weighted by atomic mass is 9.98. The standard InChI is InChI=1S/C23H36N4O3S.HI/c1-23(2,3)30-22(28)27-19-10-11-20(27)15-18(14-19)26-21(24-4)25-12-13-31(29)16-17-8-6-5-7-9-17;/h5-9,18-20H,10-16H2,1-4H3,(H2,24,25,26);1H. The zero-order valence-corrected chi connectivity index (χ0v) is 22.7. The molecule has 0 aromatic heterocycles. The molecule has 3 unspecified atom stereocenters. The Morgan fingerprint density at radius 3 is 2.38 bits per heavy atom. The Hall–Kier alpha value is -1.36. The van der Waals surface area contributed by atoms with Crippen LogP contribution in [0.15, 0.2) is 35.3 Å². The summed E-state index contributed by atoms with van der Waals surface area (Å²) in [5.41, 5.74) is 0.619. The van der Waals surface area contributed by atoms with Crippen LogP contribution >= 0.6 is 24.0 Å².